The van der Waals surface area contributed by atoms with Crippen LogP contribution in [0.1, 0.15) is 100 Å². The summed E-state index contributed by atoms with van der Waals surface area (Å²) in [6, 6.07) is 0. The van der Waals surface area contributed by atoms with Crippen LogP contribution in [0.5, 0.6) is 0 Å². The molecule has 3 saturated carbocycles. The molecule has 0 amide bonds. The van der Waals surface area contributed by atoms with Crippen molar-refractivity contribution in [2.24, 2.45) is 50.7 Å². The lowest BCUT2D eigenvalue weighted by Crippen LogP contribution is -2.68. The molecule has 8 atom stereocenters. The molecule has 0 heterocycles. The van der Waals surface area contributed by atoms with Gasteiger partial charge in [0.05, 0.1) is 6.10 Å². The Morgan fingerprint density at radius 1 is 0.969 bits per heavy atom. The molecule has 5 aliphatic rings. The minimum Gasteiger partial charge on any atom is -0.393 e. The van der Waals surface area contributed by atoms with Crippen LogP contribution < -0.4 is 0 Å². The van der Waals surface area contributed by atoms with Gasteiger partial charge in [-0.3, -0.25) is 4.79 Å². The molecular formula is C30H46O2. The smallest absolute Gasteiger partial charge is 0.137 e. The number of hydrogen-bond acceptors (Lipinski definition) is 2. The molecule has 2 nitrogen and oxygen atoms in total. The van der Waals surface area contributed by atoms with Gasteiger partial charge in [-0.15, -0.1) is 0 Å². The maximum absolute atomic E-state index is 14.0. The van der Waals surface area contributed by atoms with E-state index in [1.54, 1.807) is 11.1 Å². The maximum atomic E-state index is 14.0. The molecule has 32 heavy (non-hydrogen) atoms. The van der Waals surface area contributed by atoms with Crippen molar-refractivity contribution in [2.45, 2.75) is 106 Å². The molecule has 0 saturated heterocycles. The van der Waals surface area contributed by atoms with Crippen molar-refractivity contribution in [3.05, 3.63) is 23.3 Å². The largest absolute Gasteiger partial charge is 0.393 e. The monoisotopic (exact) mass is 438 g/mol. The molecule has 0 radical (unpaired) electrons. The SMILES string of the molecule is CC(C)C1=C2C=CC3(C)C(CCC4C5(C)CCC(O)C(C)(C)C5C(=O)CC43C)C2(C)CC1. The van der Waals surface area contributed by atoms with Crippen LogP contribution in [-0.2, 0) is 4.79 Å². The number of aliphatic hydroxyl groups excluding tert-OH is 1. The van der Waals surface area contributed by atoms with Gasteiger partial charge >= 0.3 is 0 Å². The van der Waals surface area contributed by atoms with Crippen molar-refractivity contribution in [3.8, 4) is 0 Å². The molecule has 1 N–H and O–H groups in total. The third-order valence-electron chi connectivity index (χ3n) is 12.3. The zero-order valence-corrected chi connectivity index (χ0v) is 21.8. The fourth-order valence-corrected chi connectivity index (χ4v) is 10.6. The number of hydrogen-bond donors (Lipinski definition) is 1. The number of carbonyl (C=O) groups excluding carboxylic acids is 1. The van der Waals surface area contributed by atoms with E-state index in [9.17, 15) is 9.90 Å². The van der Waals surface area contributed by atoms with E-state index in [1.165, 1.54) is 25.7 Å². The van der Waals surface area contributed by atoms with Crippen LogP contribution in [0.2, 0.25) is 0 Å². The fraction of sp³-hybridized carbons (Fsp3) is 0.833. The van der Waals surface area contributed by atoms with Crippen molar-refractivity contribution in [2.75, 3.05) is 0 Å². The number of ketones is 1. The first-order valence-electron chi connectivity index (χ1n) is 13.4. The highest BCUT2D eigenvalue weighted by molar-refractivity contribution is 5.85. The summed E-state index contributed by atoms with van der Waals surface area (Å²) < 4.78 is 0. The number of rotatable bonds is 1. The van der Waals surface area contributed by atoms with Gasteiger partial charge in [-0.1, -0.05) is 73.1 Å². The number of aliphatic hydroxyl groups is 1. The van der Waals surface area contributed by atoms with Crippen molar-refractivity contribution in [1.82, 2.24) is 0 Å². The van der Waals surface area contributed by atoms with Crippen LogP contribution in [0.15, 0.2) is 23.3 Å². The van der Waals surface area contributed by atoms with E-state index in [0.717, 1.165) is 12.8 Å². The third kappa shape index (κ3) is 2.49. The predicted octanol–water partition coefficient (Wildman–Crippen LogP) is 7.12. The van der Waals surface area contributed by atoms with Crippen molar-refractivity contribution in [1.29, 1.82) is 0 Å². The van der Waals surface area contributed by atoms with E-state index in [0.29, 0.717) is 30.0 Å². The van der Waals surface area contributed by atoms with E-state index in [2.05, 4.69) is 67.5 Å². The van der Waals surface area contributed by atoms with Crippen LogP contribution in [0.4, 0.5) is 0 Å². The zero-order valence-electron chi connectivity index (χ0n) is 21.8. The minimum absolute atomic E-state index is 0.00950. The lowest BCUT2D eigenvalue weighted by Gasteiger charge is -2.71. The summed E-state index contributed by atoms with van der Waals surface area (Å²) in [5, 5.41) is 10.8. The topological polar surface area (TPSA) is 37.3 Å². The molecule has 0 bridgehead atoms. The van der Waals surface area contributed by atoms with Gasteiger partial charge in [-0.05, 0) is 83.5 Å². The average Bonchev–Trinajstić information content (AvgIpc) is 3.03. The van der Waals surface area contributed by atoms with Gasteiger partial charge < -0.3 is 5.11 Å². The van der Waals surface area contributed by atoms with Crippen LogP contribution in [-0.4, -0.2) is 17.0 Å². The minimum atomic E-state index is -0.366. The highest BCUT2D eigenvalue weighted by Crippen LogP contribution is 2.75. The molecule has 0 spiro atoms. The summed E-state index contributed by atoms with van der Waals surface area (Å²) in [6.45, 7) is 19.0. The molecule has 0 aliphatic heterocycles. The van der Waals surface area contributed by atoms with Gasteiger partial charge in [0.2, 0.25) is 0 Å². The van der Waals surface area contributed by atoms with Gasteiger partial charge in [0, 0.05) is 17.8 Å². The van der Waals surface area contributed by atoms with Crippen LogP contribution >= 0.6 is 0 Å². The fourth-order valence-electron chi connectivity index (χ4n) is 10.6. The van der Waals surface area contributed by atoms with Gasteiger partial charge in [0.25, 0.3) is 0 Å². The van der Waals surface area contributed by atoms with E-state index < -0.39 is 0 Å². The maximum Gasteiger partial charge on any atom is 0.137 e. The Balaban J connectivity index is 1.63. The first-order chi connectivity index (χ1) is 14.7. The van der Waals surface area contributed by atoms with Gasteiger partial charge in [-0.25, -0.2) is 0 Å². The lowest BCUT2D eigenvalue weighted by atomic mass is 9.33. The summed E-state index contributed by atoms with van der Waals surface area (Å²) >= 11 is 0. The van der Waals surface area contributed by atoms with Crippen LogP contribution in [0.25, 0.3) is 0 Å². The molecule has 0 aromatic carbocycles. The number of Topliss-reactive ketones (excluding diaryl/α,β-unsaturated/α-hetero) is 1. The Kier molecular flexibility index (Phi) is 4.73. The van der Waals surface area contributed by atoms with E-state index >= 15 is 0 Å². The number of carbonyl (C=O) groups is 1. The second kappa shape index (κ2) is 6.61. The summed E-state index contributed by atoms with van der Waals surface area (Å²) in [5.74, 6) is 2.18. The third-order valence-corrected chi connectivity index (χ3v) is 12.3. The molecule has 8 unspecified atom stereocenters. The summed E-state index contributed by atoms with van der Waals surface area (Å²) in [5.41, 5.74) is 3.25. The van der Waals surface area contributed by atoms with Gasteiger partial charge in [0.1, 0.15) is 5.78 Å². The molecule has 5 aliphatic carbocycles. The Morgan fingerprint density at radius 2 is 1.62 bits per heavy atom. The second-order valence-corrected chi connectivity index (χ2v) is 14.2. The average molecular weight is 439 g/mol. The zero-order chi connectivity index (χ0) is 23.5. The molecule has 0 aromatic rings. The lowest BCUT2D eigenvalue weighted by molar-refractivity contribution is -0.216. The highest BCUT2D eigenvalue weighted by atomic mass is 16.3. The Morgan fingerprint density at radius 3 is 2.28 bits per heavy atom. The van der Waals surface area contributed by atoms with Gasteiger partial charge in [-0.2, -0.15) is 0 Å². The summed E-state index contributed by atoms with van der Waals surface area (Å²) in [4.78, 5) is 14.0. The molecule has 178 valence electrons. The Bertz CT molecular complexity index is 908. The van der Waals surface area contributed by atoms with E-state index in [4.69, 9.17) is 0 Å². The normalized spacial score (nSPS) is 51.9. The number of allylic oxidation sites excluding steroid dienone is 4. The van der Waals surface area contributed by atoms with Crippen molar-refractivity contribution in [3.63, 3.8) is 0 Å². The Labute approximate surface area is 196 Å². The first-order valence-corrected chi connectivity index (χ1v) is 13.4. The molecule has 2 heteroatoms. The van der Waals surface area contributed by atoms with Gasteiger partial charge in [0.15, 0.2) is 0 Å². The summed E-state index contributed by atoms with van der Waals surface area (Å²) in [7, 11) is 0. The van der Waals surface area contributed by atoms with E-state index in [1.807, 2.05) is 0 Å². The standard InChI is InChI=1S/C30H46O2/c1-18(2)19-11-14-27(5)20(19)12-16-29(7)22(27)9-10-23-28(6)15-13-24(32)26(3,4)25(28)21(31)17-30(23,29)8/h12,16,18,22-25,32H,9-11,13-15,17H2,1-8H3. The van der Waals surface area contributed by atoms with Crippen molar-refractivity contribution >= 4 is 5.78 Å². The van der Waals surface area contributed by atoms with Crippen LogP contribution in [0, 0.1) is 50.7 Å². The Hall–Kier alpha value is -0.890. The van der Waals surface area contributed by atoms with Crippen molar-refractivity contribution < 1.29 is 9.90 Å². The van der Waals surface area contributed by atoms with E-state index in [-0.39, 0.29) is 39.1 Å². The molecular weight excluding hydrogens is 392 g/mol. The van der Waals surface area contributed by atoms with Crippen LogP contribution in [0.3, 0.4) is 0 Å². The molecule has 3 fully saturated rings. The summed E-state index contributed by atoms with van der Waals surface area (Å²) in [6.07, 6.45) is 12.2. The molecule has 5 rings (SSSR count). The quantitative estimate of drug-likeness (QED) is 0.473. The first kappa shape index (κ1) is 22.9. The molecule has 0 aromatic heterocycles. The predicted molar refractivity (Wildman–Crippen MR) is 131 cm³/mol. The number of fused-ring (bicyclic) bond motifs is 7. The highest BCUT2D eigenvalue weighted by Gasteiger charge is 2.71. The second-order valence-electron chi connectivity index (χ2n) is 14.2.